The lowest BCUT2D eigenvalue weighted by Gasteiger charge is -2.24. The van der Waals surface area contributed by atoms with Crippen molar-refractivity contribution in [1.29, 1.82) is 0 Å². The minimum absolute atomic E-state index is 0.147. The lowest BCUT2D eigenvalue weighted by Crippen LogP contribution is -2.24. The van der Waals surface area contributed by atoms with E-state index in [4.69, 9.17) is 0 Å². The highest BCUT2D eigenvalue weighted by atomic mass is 19.1. The van der Waals surface area contributed by atoms with Gasteiger partial charge in [-0.15, -0.1) is 0 Å². The Bertz CT molecular complexity index is 1080. The molecule has 152 valence electrons. The summed E-state index contributed by atoms with van der Waals surface area (Å²) in [6, 6.07) is 30.2. The van der Waals surface area contributed by atoms with E-state index in [9.17, 15) is 4.39 Å². The monoisotopic (exact) mass is 398 g/mol. The number of hydrogen-bond acceptors (Lipinski definition) is 1. The summed E-state index contributed by atoms with van der Waals surface area (Å²) in [7, 11) is 0. The summed E-state index contributed by atoms with van der Waals surface area (Å²) in [5.74, 6) is -0.147. The second-order valence-corrected chi connectivity index (χ2v) is 7.78. The maximum atomic E-state index is 14.3. The summed E-state index contributed by atoms with van der Waals surface area (Å²) in [6.45, 7) is 5.08. The second kappa shape index (κ2) is 9.55. The van der Waals surface area contributed by atoms with E-state index in [2.05, 4.69) is 83.3 Å². The Labute approximate surface area is 178 Å². The van der Waals surface area contributed by atoms with Gasteiger partial charge in [0, 0.05) is 43.6 Å². The Morgan fingerprint density at radius 1 is 0.700 bits per heavy atom. The van der Waals surface area contributed by atoms with Gasteiger partial charge in [0.1, 0.15) is 5.82 Å². The number of halogens is 1. The first kappa shape index (κ1) is 20.1. The third-order valence-corrected chi connectivity index (χ3v) is 5.51. The topological polar surface area (TPSA) is 8.17 Å². The van der Waals surface area contributed by atoms with Crippen molar-refractivity contribution in [3.8, 4) is 0 Å². The number of aromatic nitrogens is 1. The van der Waals surface area contributed by atoms with Crippen molar-refractivity contribution in [3.63, 3.8) is 0 Å². The van der Waals surface area contributed by atoms with Gasteiger partial charge in [0.05, 0.1) is 0 Å². The molecule has 0 radical (unpaired) electrons. The van der Waals surface area contributed by atoms with Gasteiger partial charge in [-0.25, -0.2) is 4.39 Å². The van der Waals surface area contributed by atoms with Crippen molar-refractivity contribution in [2.24, 2.45) is 0 Å². The molecule has 0 N–H and O–H groups in total. The summed E-state index contributed by atoms with van der Waals surface area (Å²) in [5.41, 5.74) is 5.80. The summed E-state index contributed by atoms with van der Waals surface area (Å²) >= 11 is 0. The molecule has 1 aromatic heterocycles. The van der Waals surface area contributed by atoms with E-state index in [-0.39, 0.29) is 5.82 Å². The van der Waals surface area contributed by atoms with Crippen molar-refractivity contribution < 1.29 is 4.39 Å². The highest BCUT2D eigenvalue weighted by Crippen LogP contribution is 2.18. The molecule has 0 fully saturated rings. The Morgan fingerprint density at radius 2 is 1.40 bits per heavy atom. The number of hydrogen-bond donors (Lipinski definition) is 0. The van der Waals surface area contributed by atoms with Crippen molar-refractivity contribution in [3.05, 3.63) is 131 Å². The zero-order valence-electron chi connectivity index (χ0n) is 17.3. The molecule has 0 amide bonds. The van der Waals surface area contributed by atoms with Crippen LogP contribution in [-0.4, -0.2) is 9.47 Å². The van der Waals surface area contributed by atoms with Crippen LogP contribution in [0.2, 0.25) is 0 Å². The molecule has 0 spiro atoms. The third-order valence-electron chi connectivity index (χ3n) is 5.51. The Morgan fingerprint density at radius 3 is 2.17 bits per heavy atom. The van der Waals surface area contributed by atoms with Crippen LogP contribution in [0.25, 0.3) is 0 Å². The van der Waals surface area contributed by atoms with Gasteiger partial charge in [-0.3, -0.25) is 4.90 Å². The Kier molecular flexibility index (Phi) is 6.41. The van der Waals surface area contributed by atoms with Gasteiger partial charge < -0.3 is 4.57 Å². The van der Waals surface area contributed by atoms with E-state index in [0.717, 1.165) is 25.2 Å². The number of benzene rings is 3. The molecular formula is C27H27FN2. The molecule has 0 saturated heterocycles. The largest absolute Gasteiger partial charge is 0.346 e. The fourth-order valence-electron chi connectivity index (χ4n) is 3.82. The SMILES string of the molecule is Cc1ccccc1Cn1cccc1CN(Cc1ccccc1)Cc1ccccc1F. The highest BCUT2D eigenvalue weighted by Gasteiger charge is 2.13. The molecule has 0 aliphatic rings. The van der Waals surface area contributed by atoms with Gasteiger partial charge >= 0.3 is 0 Å². The summed E-state index contributed by atoms with van der Waals surface area (Å²) in [4.78, 5) is 2.30. The standard InChI is InChI=1S/C27H27FN2/c1-22-10-5-6-13-24(22)20-30-17-9-15-26(30)21-29(18-23-11-3-2-4-12-23)19-25-14-7-8-16-27(25)28/h2-17H,18-21H2,1H3. The van der Waals surface area contributed by atoms with Crippen LogP contribution in [0.4, 0.5) is 4.39 Å². The van der Waals surface area contributed by atoms with Crippen LogP contribution >= 0.6 is 0 Å². The van der Waals surface area contributed by atoms with Crippen LogP contribution in [0, 0.1) is 12.7 Å². The van der Waals surface area contributed by atoms with Gasteiger partial charge in [0.25, 0.3) is 0 Å². The molecule has 1 heterocycles. The minimum Gasteiger partial charge on any atom is -0.346 e. The van der Waals surface area contributed by atoms with Crippen LogP contribution < -0.4 is 0 Å². The van der Waals surface area contributed by atoms with Crippen molar-refractivity contribution in [2.45, 2.75) is 33.1 Å². The zero-order chi connectivity index (χ0) is 20.8. The van der Waals surface area contributed by atoms with Crippen molar-refractivity contribution in [2.75, 3.05) is 0 Å². The number of aryl methyl sites for hydroxylation is 1. The average Bonchev–Trinajstić information content (AvgIpc) is 3.19. The molecular weight excluding hydrogens is 371 g/mol. The summed E-state index contributed by atoms with van der Waals surface area (Å²) in [6.07, 6.45) is 2.13. The zero-order valence-corrected chi connectivity index (χ0v) is 17.3. The maximum Gasteiger partial charge on any atom is 0.127 e. The van der Waals surface area contributed by atoms with Crippen LogP contribution in [0.5, 0.6) is 0 Å². The molecule has 2 nitrogen and oxygen atoms in total. The van der Waals surface area contributed by atoms with E-state index in [0.29, 0.717) is 6.54 Å². The van der Waals surface area contributed by atoms with Crippen molar-refractivity contribution >= 4 is 0 Å². The van der Waals surface area contributed by atoms with Crippen LogP contribution in [0.3, 0.4) is 0 Å². The Hall–Kier alpha value is -3.17. The fraction of sp³-hybridized carbons (Fsp3) is 0.185. The van der Waals surface area contributed by atoms with Crippen molar-refractivity contribution in [1.82, 2.24) is 9.47 Å². The van der Waals surface area contributed by atoms with Crippen LogP contribution in [0.15, 0.2) is 97.2 Å². The molecule has 4 aromatic rings. The molecule has 30 heavy (non-hydrogen) atoms. The van der Waals surface area contributed by atoms with E-state index >= 15 is 0 Å². The molecule has 4 rings (SSSR count). The molecule has 0 aliphatic heterocycles. The van der Waals surface area contributed by atoms with E-state index in [1.54, 1.807) is 6.07 Å². The van der Waals surface area contributed by atoms with Gasteiger partial charge in [-0.05, 0) is 41.8 Å². The number of rotatable bonds is 8. The normalized spacial score (nSPS) is 11.2. The molecule has 0 unspecified atom stereocenters. The first-order chi connectivity index (χ1) is 14.7. The smallest absolute Gasteiger partial charge is 0.127 e. The lowest BCUT2D eigenvalue weighted by atomic mass is 10.1. The highest BCUT2D eigenvalue weighted by molar-refractivity contribution is 5.27. The number of nitrogens with zero attached hydrogens (tertiary/aromatic N) is 2. The van der Waals surface area contributed by atoms with Gasteiger partial charge in [0.2, 0.25) is 0 Å². The minimum atomic E-state index is -0.147. The second-order valence-electron chi connectivity index (χ2n) is 7.78. The first-order valence-corrected chi connectivity index (χ1v) is 10.4. The van der Waals surface area contributed by atoms with Gasteiger partial charge in [-0.2, -0.15) is 0 Å². The van der Waals surface area contributed by atoms with Gasteiger partial charge in [0.15, 0.2) is 0 Å². The fourth-order valence-corrected chi connectivity index (χ4v) is 3.82. The molecule has 0 atom stereocenters. The molecule has 0 saturated carbocycles. The molecule has 0 bridgehead atoms. The van der Waals surface area contributed by atoms with Gasteiger partial charge in [-0.1, -0.05) is 72.8 Å². The lowest BCUT2D eigenvalue weighted by molar-refractivity contribution is 0.238. The molecule has 3 heteroatoms. The van der Waals surface area contributed by atoms with Crippen LogP contribution in [0.1, 0.15) is 27.9 Å². The predicted octanol–water partition coefficient (Wildman–Crippen LogP) is 6.19. The van der Waals surface area contributed by atoms with E-state index in [1.165, 1.54) is 28.5 Å². The predicted molar refractivity (Wildman–Crippen MR) is 121 cm³/mol. The first-order valence-electron chi connectivity index (χ1n) is 10.4. The van der Waals surface area contributed by atoms with Crippen LogP contribution in [-0.2, 0) is 26.2 Å². The maximum absolute atomic E-state index is 14.3. The molecule has 0 aliphatic carbocycles. The summed E-state index contributed by atoms with van der Waals surface area (Å²) < 4.78 is 16.6. The molecule has 3 aromatic carbocycles. The van der Waals surface area contributed by atoms with E-state index in [1.807, 2.05) is 18.2 Å². The summed E-state index contributed by atoms with van der Waals surface area (Å²) in [5, 5.41) is 0. The average molecular weight is 399 g/mol. The third kappa shape index (κ3) is 5.05. The van der Waals surface area contributed by atoms with E-state index < -0.39 is 0 Å². The Balaban J connectivity index is 1.57. The quantitative estimate of drug-likeness (QED) is 0.344.